The van der Waals surface area contributed by atoms with Crippen LogP contribution in [0.3, 0.4) is 0 Å². The van der Waals surface area contributed by atoms with Crippen molar-refractivity contribution in [3.63, 3.8) is 0 Å². The van der Waals surface area contributed by atoms with Crippen LogP contribution in [0.5, 0.6) is 0 Å². The van der Waals surface area contributed by atoms with Gasteiger partial charge in [0.1, 0.15) is 20.2 Å². The third-order valence-electron chi connectivity index (χ3n) is 2.73. The summed E-state index contributed by atoms with van der Waals surface area (Å²) in [6.07, 6.45) is 0. The van der Waals surface area contributed by atoms with E-state index in [9.17, 15) is 25.9 Å². The second-order valence-electron chi connectivity index (χ2n) is 4.44. The van der Waals surface area contributed by atoms with Gasteiger partial charge in [0.05, 0.1) is 9.79 Å². The zero-order valence-corrected chi connectivity index (χ0v) is 17.8. The molecule has 0 atom stereocenters. The van der Waals surface area contributed by atoms with E-state index in [1.165, 1.54) is 24.3 Å². The molecule has 0 bridgehead atoms. The minimum absolute atomic E-state index is 0. The van der Waals surface area contributed by atoms with Crippen molar-refractivity contribution in [2.24, 2.45) is 0 Å². The molecule has 0 saturated heterocycles. The van der Waals surface area contributed by atoms with Gasteiger partial charge in [-0.25, -0.2) is 16.8 Å². The van der Waals surface area contributed by atoms with E-state index in [0.717, 1.165) is 0 Å². The van der Waals surface area contributed by atoms with Gasteiger partial charge in [0.15, 0.2) is 0 Å². The SMILES string of the molecule is Cc1ccccc1S(=O)(=O)[O-].Cc1ccccc1S(=O)(=O)[O-].O.O.O.O.O.O.[Ni+2]. The standard InChI is InChI=1S/2C7H8O3S.Ni.6H2O/c2*1-6-4-2-3-5-7(6)11(8,9)10;;;;;;;/h2*2-5H,1H3,(H,8,9,10);;6*1H2/q;;+2;;;;;;/p-2. The summed E-state index contributed by atoms with van der Waals surface area (Å²) < 4.78 is 63.0. The summed E-state index contributed by atoms with van der Waals surface area (Å²) in [7, 11) is -8.57. The number of benzene rings is 2. The third-order valence-corrected chi connectivity index (χ3v) is 4.72. The minimum atomic E-state index is -4.28. The molecule has 0 spiro atoms. The van der Waals surface area contributed by atoms with E-state index in [4.69, 9.17) is 0 Å². The van der Waals surface area contributed by atoms with Crippen molar-refractivity contribution in [1.82, 2.24) is 0 Å². The van der Waals surface area contributed by atoms with Crippen LogP contribution in [0.15, 0.2) is 58.3 Å². The van der Waals surface area contributed by atoms with Crippen LogP contribution in [-0.4, -0.2) is 58.8 Å². The summed E-state index contributed by atoms with van der Waals surface area (Å²) in [5.74, 6) is 0. The largest absolute Gasteiger partial charge is 2.00 e. The fourth-order valence-corrected chi connectivity index (χ4v) is 3.09. The first-order valence-electron chi connectivity index (χ1n) is 6.06. The molecule has 0 radical (unpaired) electrons. The van der Waals surface area contributed by atoms with Crippen molar-refractivity contribution in [2.45, 2.75) is 23.6 Å². The molecule has 0 unspecified atom stereocenters. The Bertz CT molecular complexity index is 796. The monoisotopic (exact) mass is 508 g/mol. The van der Waals surface area contributed by atoms with Gasteiger partial charge in [0.2, 0.25) is 0 Å². The predicted molar refractivity (Wildman–Crippen MR) is 100.0 cm³/mol. The van der Waals surface area contributed by atoms with Crippen LogP contribution < -0.4 is 0 Å². The van der Waals surface area contributed by atoms with Crippen LogP contribution >= 0.6 is 0 Å². The molecule has 0 saturated carbocycles. The Balaban J connectivity index is -0.0000000538. The van der Waals surface area contributed by atoms with Crippen LogP contribution in [0.2, 0.25) is 0 Å². The summed E-state index contributed by atoms with van der Waals surface area (Å²) in [6, 6.07) is 12.2. The summed E-state index contributed by atoms with van der Waals surface area (Å²) >= 11 is 0. The predicted octanol–water partition coefficient (Wildman–Crippen LogP) is -3.15. The maximum absolute atomic E-state index is 10.5. The molecule has 15 heteroatoms. The second-order valence-corrected chi connectivity index (χ2v) is 7.14. The van der Waals surface area contributed by atoms with E-state index in [2.05, 4.69) is 0 Å². The van der Waals surface area contributed by atoms with E-state index in [-0.39, 0.29) is 59.1 Å². The van der Waals surface area contributed by atoms with Crippen LogP contribution in [0.1, 0.15) is 11.1 Å². The molecule has 0 aromatic heterocycles. The molecule has 12 N–H and O–H groups in total. The average Bonchev–Trinajstić information content (AvgIpc) is 2.37. The Kier molecular flexibility index (Phi) is 29.4. The normalized spacial score (nSPS) is 8.69. The molecule has 176 valence electrons. The zero-order chi connectivity index (χ0) is 17.0. The van der Waals surface area contributed by atoms with Crippen LogP contribution in [-0.2, 0) is 36.7 Å². The number of hydrogen-bond donors (Lipinski definition) is 0. The Labute approximate surface area is 178 Å². The van der Waals surface area contributed by atoms with Gasteiger partial charge >= 0.3 is 16.5 Å². The van der Waals surface area contributed by atoms with Gasteiger partial charge in [0, 0.05) is 0 Å². The molecule has 2 aromatic carbocycles. The quantitative estimate of drug-likeness (QED) is 0.297. The van der Waals surface area contributed by atoms with Crippen molar-refractivity contribution in [1.29, 1.82) is 0 Å². The molecule has 0 amide bonds. The van der Waals surface area contributed by atoms with Gasteiger partial charge < -0.3 is 42.0 Å². The van der Waals surface area contributed by atoms with Crippen molar-refractivity contribution in [2.75, 3.05) is 0 Å². The Morgan fingerprint density at radius 1 is 0.552 bits per heavy atom. The van der Waals surface area contributed by atoms with E-state index >= 15 is 0 Å². The van der Waals surface area contributed by atoms with Gasteiger partial charge in [0.25, 0.3) is 0 Å². The molecule has 2 aromatic rings. The molecule has 0 aliphatic heterocycles. The van der Waals surface area contributed by atoms with Crippen LogP contribution in [0.25, 0.3) is 0 Å². The molecular formula is C14H26NiO12S2. The molecule has 0 fully saturated rings. The Morgan fingerprint density at radius 2 is 0.759 bits per heavy atom. The van der Waals surface area contributed by atoms with Gasteiger partial charge in [-0.05, 0) is 37.1 Å². The molecule has 0 heterocycles. The van der Waals surface area contributed by atoms with Gasteiger partial charge in [-0.3, -0.25) is 0 Å². The number of aryl methyl sites for hydroxylation is 2. The summed E-state index contributed by atoms with van der Waals surface area (Å²) in [6.45, 7) is 3.18. The Hall–Kier alpha value is -1.49. The van der Waals surface area contributed by atoms with Crippen molar-refractivity contribution < 1.29 is 75.3 Å². The zero-order valence-electron chi connectivity index (χ0n) is 15.2. The van der Waals surface area contributed by atoms with Crippen LogP contribution in [0.4, 0.5) is 0 Å². The topological polar surface area (TPSA) is 303 Å². The minimum Gasteiger partial charge on any atom is -0.744 e. The third kappa shape index (κ3) is 15.1. The molecule has 12 nitrogen and oxygen atoms in total. The number of rotatable bonds is 2. The average molecular weight is 509 g/mol. The first-order valence-corrected chi connectivity index (χ1v) is 8.88. The maximum Gasteiger partial charge on any atom is 2.00 e. The van der Waals surface area contributed by atoms with E-state index < -0.39 is 20.2 Å². The summed E-state index contributed by atoms with van der Waals surface area (Å²) in [5.41, 5.74) is 0.977. The van der Waals surface area contributed by atoms with Gasteiger partial charge in [-0.1, -0.05) is 36.4 Å². The van der Waals surface area contributed by atoms with Crippen molar-refractivity contribution in [3.8, 4) is 0 Å². The summed E-state index contributed by atoms with van der Waals surface area (Å²) in [4.78, 5) is -0.278. The first kappa shape index (κ1) is 46.0. The van der Waals surface area contributed by atoms with Gasteiger partial charge in [-0.15, -0.1) is 0 Å². The van der Waals surface area contributed by atoms with E-state index in [1.54, 1.807) is 38.1 Å². The fraction of sp³-hybridized carbons (Fsp3) is 0.143. The molecular weight excluding hydrogens is 483 g/mol. The Morgan fingerprint density at radius 3 is 0.897 bits per heavy atom. The van der Waals surface area contributed by atoms with E-state index in [1.807, 2.05) is 0 Å². The maximum atomic E-state index is 10.5. The number of hydrogen-bond acceptors (Lipinski definition) is 6. The second kappa shape index (κ2) is 18.5. The van der Waals surface area contributed by atoms with E-state index in [0.29, 0.717) is 11.1 Å². The summed E-state index contributed by atoms with van der Waals surface area (Å²) in [5, 5.41) is 0. The first-order chi connectivity index (χ1) is 10.0. The van der Waals surface area contributed by atoms with Crippen molar-refractivity contribution in [3.05, 3.63) is 59.7 Å². The van der Waals surface area contributed by atoms with Gasteiger partial charge in [-0.2, -0.15) is 0 Å². The van der Waals surface area contributed by atoms with Crippen molar-refractivity contribution >= 4 is 20.2 Å². The smallest absolute Gasteiger partial charge is 0.744 e. The molecule has 29 heavy (non-hydrogen) atoms. The molecule has 0 aliphatic rings. The molecule has 2 rings (SSSR count). The van der Waals surface area contributed by atoms with Crippen LogP contribution in [0, 0.1) is 13.8 Å². The fourth-order valence-electron chi connectivity index (χ4n) is 1.67. The molecule has 0 aliphatic carbocycles.